The number of piperidine rings is 1. The highest BCUT2D eigenvalue weighted by molar-refractivity contribution is 5.00. The Bertz CT molecular complexity index is 233. The van der Waals surface area contributed by atoms with Gasteiger partial charge in [0, 0.05) is 12.6 Å². The molecule has 1 atom stereocenters. The summed E-state index contributed by atoms with van der Waals surface area (Å²) in [6, 6.07) is 0.333. The zero-order valence-corrected chi connectivity index (χ0v) is 8.73. The average molecular weight is 220 g/mol. The number of halogens is 2. The maximum atomic E-state index is 13.5. The van der Waals surface area contributed by atoms with Crippen LogP contribution in [0.5, 0.6) is 0 Å². The van der Waals surface area contributed by atoms with E-state index in [-0.39, 0.29) is 13.0 Å². The van der Waals surface area contributed by atoms with Crippen LogP contribution in [-0.2, 0) is 0 Å². The molecule has 15 heavy (non-hydrogen) atoms. The fourth-order valence-electron chi connectivity index (χ4n) is 2.03. The molecule has 1 saturated heterocycles. The van der Waals surface area contributed by atoms with Gasteiger partial charge in [-0.3, -0.25) is 0 Å². The SMILES string of the molecule is OC1(CNC2CCC2)CCNCC1(F)F. The lowest BCUT2D eigenvalue weighted by Crippen LogP contribution is -2.64. The van der Waals surface area contributed by atoms with Gasteiger partial charge in [0.25, 0.3) is 5.92 Å². The van der Waals surface area contributed by atoms with Crippen LogP contribution in [-0.4, -0.2) is 42.3 Å². The minimum absolute atomic E-state index is 0.00630. The van der Waals surface area contributed by atoms with E-state index in [1.807, 2.05) is 0 Å². The molecule has 0 spiro atoms. The van der Waals surface area contributed by atoms with Gasteiger partial charge >= 0.3 is 0 Å². The van der Waals surface area contributed by atoms with Crippen molar-refractivity contribution < 1.29 is 13.9 Å². The van der Waals surface area contributed by atoms with E-state index in [4.69, 9.17) is 0 Å². The van der Waals surface area contributed by atoms with Crippen molar-refractivity contribution in [1.82, 2.24) is 10.6 Å². The Hall–Kier alpha value is -0.260. The van der Waals surface area contributed by atoms with Crippen molar-refractivity contribution in [3.8, 4) is 0 Å². The van der Waals surface area contributed by atoms with Gasteiger partial charge in [0.15, 0.2) is 0 Å². The first-order valence-electron chi connectivity index (χ1n) is 5.58. The normalized spacial score (nSPS) is 36.2. The minimum atomic E-state index is -3.03. The standard InChI is InChI=1S/C10H18F2N2O/c11-10(12)7-13-5-4-9(10,15)6-14-8-2-1-3-8/h8,13-15H,1-7H2. The zero-order chi connectivity index (χ0) is 10.9. The third-order valence-corrected chi connectivity index (χ3v) is 3.53. The van der Waals surface area contributed by atoms with E-state index in [9.17, 15) is 13.9 Å². The van der Waals surface area contributed by atoms with Crippen molar-refractivity contribution >= 4 is 0 Å². The summed E-state index contributed by atoms with van der Waals surface area (Å²) >= 11 is 0. The summed E-state index contributed by atoms with van der Waals surface area (Å²) in [5.74, 6) is -3.03. The molecule has 1 aliphatic carbocycles. The molecule has 0 aromatic heterocycles. The van der Waals surface area contributed by atoms with Crippen molar-refractivity contribution in [2.75, 3.05) is 19.6 Å². The number of alkyl halides is 2. The summed E-state index contributed by atoms with van der Waals surface area (Å²) in [5.41, 5.74) is -1.87. The van der Waals surface area contributed by atoms with E-state index in [0.717, 1.165) is 19.3 Å². The van der Waals surface area contributed by atoms with Crippen molar-refractivity contribution in [3.63, 3.8) is 0 Å². The van der Waals surface area contributed by atoms with Crippen LogP contribution in [0.25, 0.3) is 0 Å². The summed E-state index contributed by atoms with van der Waals surface area (Å²) < 4.78 is 26.9. The molecule has 1 heterocycles. The van der Waals surface area contributed by atoms with Gasteiger partial charge < -0.3 is 15.7 Å². The Morgan fingerprint density at radius 2 is 2.13 bits per heavy atom. The number of nitrogens with one attached hydrogen (secondary N) is 2. The molecule has 1 saturated carbocycles. The molecule has 2 fully saturated rings. The molecular formula is C10H18F2N2O. The molecule has 2 rings (SSSR count). The minimum Gasteiger partial charge on any atom is -0.382 e. The number of aliphatic hydroxyl groups is 1. The molecule has 1 unspecified atom stereocenters. The molecule has 5 heteroatoms. The molecule has 0 bridgehead atoms. The predicted octanol–water partition coefficient (Wildman–Crippen LogP) is 0.488. The maximum absolute atomic E-state index is 13.5. The molecule has 1 aliphatic heterocycles. The fourth-order valence-corrected chi connectivity index (χ4v) is 2.03. The average Bonchev–Trinajstić information content (AvgIpc) is 2.08. The smallest absolute Gasteiger partial charge is 0.289 e. The van der Waals surface area contributed by atoms with E-state index in [2.05, 4.69) is 10.6 Å². The summed E-state index contributed by atoms with van der Waals surface area (Å²) in [6.07, 6.45) is 3.35. The van der Waals surface area contributed by atoms with E-state index in [0.29, 0.717) is 12.6 Å². The van der Waals surface area contributed by atoms with Crippen LogP contribution in [0.1, 0.15) is 25.7 Å². The van der Waals surface area contributed by atoms with Gasteiger partial charge in [-0.2, -0.15) is 0 Å². The Morgan fingerprint density at radius 1 is 1.40 bits per heavy atom. The quantitative estimate of drug-likeness (QED) is 0.648. The highest BCUT2D eigenvalue weighted by Crippen LogP contribution is 2.33. The van der Waals surface area contributed by atoms with Gasteiger partial charge in [0.2, 0.25) is 0 Å². The molecule has 3 nitrogen and oxygen atoms in total. The zero-order valence-electron chi connectivity index (χ0n) is 8.73. The van der Waals surface area contributed by atoms with Crippen LogP contribution in [0.15, 0.2) is 0 Å². The first kappa shape index (κ1) is 11.2. The summed E-state index contributed by atoms with van der Waals surface area (Å²) in [5, 5.41) is 15.6. The summed E-state index contributed by atoms with van der Waals surface area (Å²) in [6.45, 7) is 0.0423. The van der Waals surface area contributed by atoms with E-state index >= 15 is 0 Å². The molecule has 3 N–H and O–H groups in total. The second-order valence-electron chi connectivity index (χ2n) is 4.67. The van der Waals surface area contributed by atoms with Crippen LogP contribution in [0, 0.1) is 0 Å². The van der Waals surface area contributed by atoms with Crippen LogP contribution in [0.4, 0.5) is 8.78 Å². The van der Waals surface area contributed by atoms with Gasteiger partial charge in [0.1, 0.15) is 5.60 Å². The van der Waals surface area contributed by atoms with Gasteiger partial charge in [0.05, 0.1) is 6.54 Å². The third kappa shape index (κ3) is 2.14. The fraction of sp³-hybridized carbons (Fsp3) is 1.00. The molecule has 88 valence electrons. The highest BCUT2D eigenvalue weighted by atomic mass is 19.3. The molecule has 0 radical (unpaired) electrons. The van der Waals surface area contributed by atoms with Crippen molar-refractivity contribution in [1.29, 1.82) is 0 Å². The number of hydrogen-bond donors (Lipinski definition) is 3. The lowest BCUT2D eigenvalue weighted by molar-refractivity contribution is -0.192. The molecule has 2 aliphatic rings. The maximum Gasteiger partial charge on any atom is 0.289 e. The third-order valence-electron chi connectivity index (χ3n) is 3.53. The van der Waals surface area contributed by atoms with Crippen LogP contribution < -0.4 is 10.6 Å². The van der Waals surface area contributed by atoms with Crippen molar-refractivity contribution in [2.24, 2.45) is 0 Å². The second kappa shape index (κ2) is 3.96. The molecular weight excluding hydrogens is 202 g/mol. The lowest BCUT2D eigenvalue weighted by Gasteiger charge is -2.41. The molecule has 0 amide bonds. The van der Waals surface area contributed by atoms with Crippen LogP contribution in [0.3, 0.4) is 0 Å². The van der Waals surface area contributed by atoms with Crippen molar-refractivity contribution in [2.45, 2.75) is 43.2 Å². The van der Waals surface area contributed by atoms with Gasteiger partial charge in [-0.05, 0) is 25.8 Å². The monoisotopic (exact) mass is 220 g/mol. The van der Waals surface area contributed by atoms with E-state index in [1.165, 1.54) is 0 Å². The molecule has 0 aromatic rings. The Labute approximate surface area is 88.2 Å². The first-order valence-corrected chi connectivity index (χ1v) is 5.58. The first-order chi connectivity index (χ1) is 7.04. The van der Waals surface area contributed by atoms with Crippen LogP contribution in [0.2, 0.25) is 0 Å². The molecule has 0 aromatic carbocycles. The Morgan fingerprint density at radius 3 is 2.67 bits per heavy atom. The second-order valence-corrected chi connectivity index (χ2v) is 4.67. The predicted molar refractivity (Wildman–Crippen MR) is 53.0 cm³/mol. The topological polar surface area (TPSA) is 44.3 Å². The van der Waals surface area contributed by atoms with Crippen LogP contribution >= 0.6 is 0 Å². The number of rotatable bonds is 3. The summed E-state index contributed by atoms with van der Waals surface area (Å²) in [4.78, 5) is 0. The van der Waals surface area contributed by atoms with Gasteiger partial charge in [-0.1, -0.05) is 6.42 Å². The van der Waals surface area contributed by atoms with E-state index in [1.54, 1.807) is 0 Å². The summed E-state index contributed by atoms with van der Waals surface area (Å²) in [7, 11) is 0. The highest BCUT2D eigenvalue weighted by Gasteiger charge is 2.53. The van der Waals surface area contributed by atoms with Gasteiger partial charge in [-0.15, -0.1) is 0 Å². The van der Waals surface area contributed by atoms with Crippen molar-refractivity contribution in [3.05, 3.63) is 0 Å². The number of hydrogen-bond acceptors (Lipinski definition) is 3. The Balaban J connectivity index is 1.90. The largest absolute Gasteiger partial charge is 0.382 e. The lowest BCUT2D eigenvalue weighted by atomic mass is 9.86. The Kier molecular flexibility index (Phi) is 2.96. The van der Waals surface area contributed by atoms with Gasteiger partial charge in [-0.25, -0.2) is 8.78 Å². The van der Waals surface area contributed by atoms with E-state index < -0.39 is 18.1 Å².